The molecule has 0 rings (SSSR count). The zero-order valence-electron chi connectivity index (χ0n) is 13.3. The molecule has 1 N–H and O–H groups in total. The lowest BCUT2D eigenvalue weighted by atomic mass is 10.0. The van der Waals surface area contributed by atoms with Crippen LogP contribution < -0.4 is 0 Å². The van der Waals surface area contributed by atoms with Crippen molar-refractivity contribution in [3.05, 3.63) is 0 Å². The molecule has 0 amide bonds. The maximum absolute atomic E-state index is 11.3. The largest absolute Gasteiger partial charge is 0.696 e. The fourth-order valence-corrected chi connectivity index (χ4v) is 3.13. The molecular weight excluding hydrogens is 330 g/mol. The van der Waals surface area contributed by atoms with Crippen molar-refractivity contribution in [2.45, 2.75) is 46.1 Å². The van der Waals surface area contributed by atoms with Gasteiger partial charge in [-0.05, 0) is 26.7 Å². The van der Waals surface area contributed by atoms with E-state index in [4.69, 9.17) is 24.5 Å². The van der Waals surface area contributed by atoms with Crippen LogP contribution in [0.3, 0.4) is 0 Å². The first-order valence-electron chi connectivity index (χ1n) is 6.80. The van der Waals surface area contributed by atoms with E-state index in [1.165, 1.54) is 0 Å². The highest BCUT2D eigenvalue weighted by molar-refractivity contribution is 7.54. The fraction of sp³-hybridized carbons (Fsp3) is 0.833. The van der Waals surface area contributed by atoms with Crippen LogP contribution >= 0.6 is 15.9 Å². The van der Waals surface area contributed by atoms with E-state index in [-0.39, 0.29) is 6.16 Å². The predicted octanol–water partition coefficient (Wildman–Crippen LogP) is 3.51. The van der Waals surface area contributed by atoms with E-state index in [0.717, 1.165) is 0 Å². The molecule has 0 saturated carbocycles. The Morgan fingerprint density at radius 1 is 1.14 bits per heavy atom. The molecule has 0 aliphatic rings. The normalized spacial score (nSPS) is 11.7. The van der Waals surface area contributed by atoms with Gasteiger partial charge in [0, 0.05) is 4.57 Å². The molecule has 0 aromatic carbocycles. The summed E-state index contributed by atoms with van der Waals surface area (Å²) in [6.45, 7) is 7.51. The Morgan fingerprint density at radius 2 is 1.59 bits per heavy atom. The van der Waals surface area contributed by atoms with Crippen molar-refractivity contribution < 1.29 is 27.6 Å². The average molecular weight is 353 g/mol. The van der Waals surface area contributed by atoms with Crippen molar-refractivity contribution in [2.24, 2.45) is 0 Å². The molecule has 0 spiro atoms. The molecule has 1 unspecified atom stereocenters. The first-order valence-corrected chi connectivity index (χ1v) is 9.66. The van der Waals surface area contributed by atoms with Crippen molar-refractivity contribution in [3.8, 4) is 12.1 Å². The molecule has 0 aromatic rings. The van der Waals surface area contributed by atoms with Crippen molar-refractivity contribution in [1.82, 2.24) is 0 Å². The Morgan fingerprint density at radius 3 is 1.77 bits per heavy atom. The number of nitriles is 2. The minimum Gasteiger partial charge on any atom is -0.308 e. The van der Waals surface area contributed by atoms with Gasteiger partial charge in [-0.1, -0.05) is 18.4 Å². The highest BCUT2D eigenvalue weighted by Gasteiger charge is 2.37. The van der Waals surface area contributed by atoms with Gasteiger partial charge in [-0.2, -0.15) is 10.5 Å². The van der Waals surface area contributed by atoms with Gasteiger partial charge in [-0.15, -0.1) is 4.89 Å². The van der Waals surface area contributed by atoms with Crippen LogP contribution in [0.4, 0.5) is 0 Å². The summed E-state index contributed by atoms with van der Waals surface area (Å²) in [6.07, 6.45) is 0.665. The lowest BCUT2D eigenvalue weighted by molar-refractivity contribution is 0.112. The van der Waals surface area contributed by atoms with Crippen molar-refractivity contribution >= 4 is 15.9 Å². The van der Waals surface area contributed by atoms with Gasteiger partial charge in [0.15, 0.2) is 0 Å². The number of hydrogen-bond donors (Lipinski definition) is 1. The summed E-state index contributed by atoms with van der Waals surface area (Å²) in [5, 5.41) is 16.9. The van der Waals surface area contributed by atoms with Crippen LogP contribution in [0.2, 0.25) is 0 Å². The van der Waals surface area contributed by atoms with E-state index < -0.39 is 21.5 Å². The maximum atomic E-state index is 11.3. The second-order valence-electron chi connectivity index (χ2n) is 3.91. The van der Waals surface area contributed by atoms with E-state index in [1.54, 1.807) is 33.8 Å². The predicted molar refractivity (Wildman–Crippen MR) is 81.2 cm³/mol. The molecular formula is C12H23N2O6P2+. The van der Waals surface area contributed by atoms with Crippen LogP contribution in [-0.2, 0) is 22.7 Å². The summed E-state index contributed by atoms with van der Waals surface area (Å²) in [5.41, 5.74) is -1.08. The third-order valence-electron chi connectivity index (χ3n) is 2.51. The number of hydrogen-bond acceptors (Lipinski definition) is 7. The summed E-state index contributed by atoms with van der Waals surface area (Å²) in [6, 6.07) is 3.65. The van der Waals surface area contributed by atoms with Crippen molar-refractivity contribution in [3.63, 3.8) is 0 Å². The van der Waals surface area contributed by atoms with Crippen LogP contribution in [0.1, 0.15) is 40.5 Å². The summed E-state index contributed by atoms with van der Waals surface area (Å²) in [7, 11) is -5.76. The van der Waals surface area contributed by atoms with Crippen LogP contribution in [0.15, 0.2) is 0 Å². The second-order valence-corrected chi connectivity index (χ2v) is 6.62. The zero-order chi connectivity index (χ0) is 17.6. The van der Waals surface area contributed by atoms with Gasteiger partial charge in [0.25, 0.3) is 0 Å². The SMILES string of the molecule is CCC(C#N)(CC)O[P+](=O)O.CCOP(=O)(CC#N)OCC. The molecule has 0 aliphatic heterocycles. The average Bonchev–Trinajstić information content (AvgIpc) is 2.46. The standard InChI is InChI=1S/C6H12NO3P.C6H10NO3P/c1-3-9-11(8,6-5-7)10-4-2;1-3-6(4-2,5-7)10-11(8)9/h3-4,6H2,1-2H3;3-4H2,1-2H3/p+1. The van der Waals surface area contributed by atoms with E-state index in [1.807, 2.05) is 6.07 Å². The van der Waals surface area contributed by atoms with Gasteiger partial charge in [0.2, 0.25) is 5.60 Å². The Hall–Kier alpha value is -0.850. The summed E-state index contributed by atoms with van der Waals surface area (Å²) >= 11 is 0. The topological polar surface area (TPSA) is 130 Å². The van der Waals surface area contributed by atoms with Gasteiger partial charge >= 0.3 is 15.9 Å². The van der Waals surface area contributed by atoms with Crippen LogP contribution in [0.5, 0.6) is 0 Å². The molecule has 10 heteroatoms. The van der Waals surface area contributed by atoms with Crippen molar-refractivity contribution in [2.75, 3.05) is 19.4 Å². The smallest absolute Gasteiger partial charge is 0.308 e. The quantitative estimate of drug-likeness (QED) is 0.623. The molecule has 0 aliphatic carbocycles. The Bertz CT molecular complexity index is 444. The number of rotatable bonds is 9. The van der Waals surface area contributed by atoms with Crippen molar-refractivity contribution in [1.29, 1.82) is 10.5 Å². The van der Waals surface area contributed by atoms with Crippen LogP contribution in [-0.4, -0.2) is 29.9 Å². The molecule has 126 valence electrons. The van der Waals surface area contributed by atoms with Gasteiger partial charge in [-0.25, -0.2) is 0 Å². The zero-order valence-corrected chi connectivity index (χ0v) is 15.1. The molecule has 0 saturated heterocycles. The van der Waals surface area contributed by atoms with E-state index in [0.29, 0.717) is 26.1 Å². The third-order valence-corrected chi connectivity index (χ3v) is 4.85. The molecule has 0 aromatic heterocycles. The molecule has 1 atom stereocenters. The summed E-state index contributed by atoms with van der Waals surface area (Å²) < 4.78 is 35.8. The molecule has 22 heavy (non-hydrogen) atoms. The van der Waals surface area contributed by atoms with Gasteiger partial charge < -0.3 is 9.05 Å². The maximum Gasteiger partial charge on any atom is 0.696 e. The summed E-state index contributed by atoms with van der Waals surface area (Å²) in [4.78, 5) is 8.42. The first kappa shape index (κ1) is 23.4. The van der Waals surface area contributed by atoms with Gasteiger partial charge in [-0.3, -0.25) is 4.57 Å². The molecule has 0 heterocycles. The number of nitrogens with zero attached hydrogens (tertiary/aromatic N) is 2. The Labute approximate surface area is 132 Å². The lowest BCUT2D eigenvalue weighted by Gasteiger charge is -2.13. The molecule has 8 nitrogen and oxygen atoms in total. The first-order chi connectivity index (χ1) is 10.3. The molecule has 0 bridgehead atoms. The van der Waals surface area contributed by atoms with Crippen LogP contribution in [0, 0.1) is 22.7 Å². The van der Waals surface area contributed by atoms with Crippen LogP contribution in [0.25, 0.3) is 0 Å². The third kappa shape index (κ3) is 9.97. The van der Waals surface area contributed by atoms with E-state index >= 15 is 0 Å². The highest BCUT2D eigenvalue weighted by Crippen LogP contribution is 2.47. The monoisotopic (exact) mass is 353 g/mol. The highest BCUT2D eigenvalue weighted by atomic mass is 31.2. The lowest BCUT2D eigenvalue weighted by Crippen LogP contribution is -2.25. The van der Waals surface area contributed by atoms with Gasteiger partial charge in [0.05, 0.1) is 19.3 Å². The second kappa shape index (κ2) is 12.7. The summed E-state index contributed by atoms with van der Waals surface area (Å²) in [5.74, 6) is 0. The Balaban J connectivity index is 0. The molecule has 0 fully saturated rings. The minimum atomic E-state index is -3.08. The minimum absolute atomic E-state index is 0.172. The Kier molecular flexibility index (Phi) is 13.5. The fourth-order valence-electron chi connectivity index (χ4n) is 1.32. The van der Waals surface area contributed by atoms with E-state index in [9.17, 15) is 9.13 Å². The molecule has 0 radical (unpaired) electrons. The van der Waals surface area contributed by atoms with Gasteiger partial charge in [0.1, 0.15) is 12.2 Å². The van der Waals surface area contributed by atoms with E-state index in [2.05, 4.69) is 4.52 Å².